The summed E-state index contributed by atoms with van der Waals surface area (Å²) in [5.41, 5.74) is 0.758. The normalized spacial score (nSPS) is 15.2. The summed E-state index contributed by atoms with van der Waals surface area (Å²) in [6.45, 7) is 0. The van der Waals surface area contributed by atoms with E-state index in [1.165, 1.54) is 0 Å². The van der Waals surface area contributed by atoms with Crippen LogP contribution in [0.4, 0.5) is 0 Å². The third kappa shape index (κ3) is 1.33. The summed E-state index contributed by atoms with van der Waals surface area (Å²) in [6.07, 6.45) is 0.564. The largest absolute Gasteiger partial charge is 0.497 e. The maximum Gasteiger partial charge on any atom is 0.200 e. The van der Waals surface area contributed by atoms with Crippen molar-refractivity contribution in [1.82, 2.24) is 0 Å². The fraction of sp³-hybridized carbons (Fsp3) is 0.250. The van der Waals surface area contributed by atoms with Gasteiger partial charge in [0.15, 0.2) is 11.5 Å². The zero-order chi connectivity index (χ0) is 11.1. The Kier molecular flexibility index (Phi) is 2.17. The number of furan rings is 1. The first-order chi connectivity index (χ1) is 7.79. The van der Waals surface area contributed by atoms with Crippen LogP contribution in [0.25, 0.3) is 11.0 Å². The lowest BCUT2D eigenvalue weighted by molar-refractivity contribution is 0.0959. The summed E-state index contributed by atoms with van der Waals surface area (Å²) in [4.78, 5) is 12.6. The first-order valence-electron chi connectivity index (χ1n) is 5.06. The predicted molar refractivity (Wildman–Crippen MR) is 62.4 cm³/mol. The molecule has 0 unspecified atom stereocenters. The number of ether oxygens (including phenoxy) is 1. The number of benzene rings is 1. The van der Waals surface area contributed by atoms with Gasteiger partial charge < -0.3 is 9.15 Å². The van der Waals surface area contributed by atoms with Crippen LogP contribution >= 0.6 is 11.8 Å². The summed E-state index contributed by atoms with van der Waals surface area (Å²) in [6, 6.07) is 5.61. The molecule has 1 aliphatic heterocycles. The molecule has 1 aromatic heterocycles. The first kappa shape index (κ1) is 9.78. The number of ketones is 1. The molecule has 0 spiro atoms. The van der Waals surface area contributed by atoms with Crippen molar-refractivity contribution in [2.24, 2.45) is 0 Å². The second-order valence-electron chi connectivity index (χ2n) is 3.64. The van der Waals surface area contributed by atoms with Crippen molar-refractivity contribution >= 4 is 28.5 Å². The average molecular weight is 234 g/mol. The van der Waals surface area contributed by atoms with Crippen molar-refractivity contribution < 1.29 is 13.9 Å². The molecular weight excluding hydrogens is 224 g/mol. The molecule has 0 saturated carbocycles. The van der Waals surface area contributed by atoms with E-state index in [1.807, 2.05) is 18.2 Å². The Morgan fingerprint density at radius 3 is 3.12 bits per heavy atom. The van der Waals surface area contributed by atoms with E-state index in [-0.39, 0.29) is 5.78 Å². The minimum absolute atomic E-state index is 0.101. The molecule has 0 atom stereocenters. The molecule has 0 bridgehead atoms. The number of Topliss-reactive ketones (excluding diaryl/α,β-unsaturated/α-hetero) is 1. The molecule has 16 heavy (non-hydrogen) atoms. The van der Waals surface area contributed by atoms with Gasteiger partial charge in [-0.3, -0.25) is 4.79 Å². The summed E-state index contributed by atoms with van der Waals surface area (Å²) in [5.74, 6) is 2.23. The van der Waals surface area contributed by atoms with Crippen molar-refractivity contribution in [1.29, 1.82) is 0 Å². The van der Waals surface area contributed by atoms with Gasteiger partial charge >= 0.3 is 0 Å². The zero-order valence-corrected chi connectivity index (χ0v) is 9.60. The summed E-state index contributed by atoms with van der Waals surface area (Å²) >= 11 is 1.68. The fourth-order valence-electron chi connectivity index (χ4n) is 1.87. The van der Waals surface area contributed by atoms with E-state index < -0.39 is 0 Å². The van der Waals surface area contributed by atoms with Gasteiger partial charge in [-0.2, -0.15) is 0 Å². The van der Waals surface area contributed by atoms with E-state index in [9.17, 15) is 4.79 Å². The van der Waals surface area contributed by atoms with Gasteiger partial charge in [0.25, 0.3) is 0 Å². The Bertz CT molecular complexity index is 571. The maximum atomic E-state index is 11.7. The second kappa shape index (κ2) is 3.56. The Hall–Kier alpha value is -1.42. The van der Waals surface area contributed by atoms with Crippen molar-refractivity contribution in [3.63, 3.8) is 0 Å². The lowest BCUT2D eigenvalue weighted by Gasteiger charge is -2.07. The molecule has 2 heterocycles. The number of carbonyl (C=O) groups excluding carboxylic acids is 1. The van der Waals surface area contributed by atoms with E-state index in [0.717, 1.165) is 27.4 Å². The molecule has 0 aliphatic carbocycles. The van der Waals surface area contributed by atoms with Crippen molar-refractivity contribution in [2.75, 3.05) is 12.9 Å². The van der Waals surface area contributed by atoms with E-state index in [1.54, 1.807) is 18.9 Å². The van der Waals surface area contributed by atoms with Crippen molar-refractivity contribution in [3.8, 4) is 5.75 Å². The molecule has 3 nitrogen and oxygen atoms in total. The summed E-state index contributed by atoms with van der Waals surface area (Å²) in [5, 5.41) is 0.979. The molecule has 2 aromatic rings. The highest BCUT2D eigenvalue weighted by molar-refractivity contribution is 7.99. The lowest BCUT2D eigenvalue weighted by atomic mass is 10.2. The topological polar surface area (TPSA) is 39.4 Å². The minimum atomic E-state index is 0.101. The highest BCUT2D eigenvalue weighted by Crippen LogP contribution is 2.39. The fourth-order valence-corrected chi connectivity index (χ4v) is 2.96. The Balaban J connectivity index is 2.29. The molecule has 1 aliphatic rings. The van der Waals surface area contributed by atoms with Crippen LogP contribution in [-0.2, 0) is 0 Å². The van der Waals surface area contributed by atoms with Gasteiger partial charge in [-0.25, -0.2) is 0 Å². The molecule has 0 radical (unpaired) electrons. The molecule has 4 heteroatoms. The molecule has 0 N–H and O–H groups in total. The molecule has 0 fully saturated rings. The van der Waals surface area contributed by atoms with E-state index >= 15 is 0 Å². The summed E-state index contributed by atoms with van der Waals surface area (Å²) in [7, 11) is 1.63. The molecule has 3 rings (SSSR count). The zero-order valence-electron chi connectivity index (χ0n) is 8.78. The highest BCUT2D eigenvalue weighted by Gasteiger charge is 2.25. The van der Waals surface area contributed by atoms with Crippen LogP contribution in [0, 0.1) is 0 Å². The van der Waals surface area contributed by atoms with Crippen LogP contribution in [-0.4, -0.2) is 18.6 Å². The Labute approximate surface area is 96.8 Å². The standard InChI is InChI=1S/C12H10O3S/c1-14-7-2-3-10-8(6-7)12-11(15-10)9(13)4-5-16-12/h2-3,6H,4-5H2,1H3. The van der Waals surface area contributed by atoms with Gasteiger partial charge in [-0.15, -0.1) is 11.8 Å². The smallest absolute Gasteiger partial charge is 0.200 e. The van der Waals surface area contributed by atoms with Crippen molar-refractivity contribution in [3.05, 3.63) is 24.0 Å². The monoisotopic (exact) mass is 234 g/mol. The molecule has 1 aromatic carbocycles. The lowest BCUT2D eigenvalue weighted by Crippen LogP contribution is -2.05. The van der Waals surface area contributed by atoms with Crippen LogP contribution < -0.4 is 4.74 Å². The van der Waals surface area contributed by atoms with Gasteiger partial charge in [-0.05, 0) is 18.2 Å². The van der Waals surface area contributed by atoms with Crippen molar-refractivity contribution in [2.45, 2.75) is 11.3 Å². The van der Waals surface area contributed by atoms with E-state index in [2.05, 4.69) is 0 Å². The van der Waals surface area contributed by atoms with Crippen LogP contribution in [0.15, 0.2) is 27.5 Å². The van der Waals surface area contributed by atoms with Crippen LogP contribution in [0.2, 0.25) is 0 Å². The van der Waals surface area contributed by atoms with Gasteiger partial charge in [0.05, 0.1) is 12.0 Å². The average Bonchev–Trinajstić information content (AvgIpc) is 2.68. The Morgan fingerprint density at radius 1 is 1.44 bits per heavy atom. The number of hydrogen-bond acceptors (Lipinski definition) is 4. The number of carbonyl (C=O) groups is 1. The van der Waals surface area contributed by atoms with Gasteiger partial charge in [0, 0.05) is 17.6 Å². The number of fused-ring (bicyclic) bond motifs is 3. The number of rotatable bonds is 1. The number of methoxy groups -OCH3 is 1. The SMILES string of the molecule is COc1ccc2oc3c(c2c1)SCCC3=O. The van der Waals surface area contributed by atoms with Gasteiger partial charge in [-0.1, -0.05) is 0 Å². The molecule has 82 valence electrons. The molecule has 0 saturated heterocycles. The van der Waals surface area contributed by atoms with Crippen LogP contribution in [0.1, 0.15) is 17.0 Å². The first-order valence-corrected chi connectivity index (χ1v) is 6.04. The van der Waals surface area contributed by atoms with E-state index in [4.69, 9.17) is 9.15 Å². The van der Waals surface area contributed by atoms with Crippen LogP contribution in [0.3, 0.4) is 0 Å². The molecule has 0 amide bonds. The quantitative estimate of drug-likeness (QED) is 0.760. The van der Waals surface area contributed by atoms with Gasteiger partial charge in [0.2, 0.25) is 0 Å². The summed E-state index contributed by atoms with van der Waals surface area (Å²) < 4.78 is 10.7. The number of thioether (sulfide) groups is 1. The van der Waals surface area contributed by atoms with Crippen LogP contribution in [0.5, 0.6) is 5.75 Å². The third-order valence-electron chi connectivity index (χ3n) is 2.68. The minimum Gasteiger partial charge on any atom is -0.497 e. The predicted octanol–water partition coefficient (Wildman–Crippen LogP) is 3.12. The Morgan fingerprint density at radius 2 is 2.31 bits per heavy atom. The second-order valence-corrected chi connectivity index (χ2v) is 4.75. The highest BCUT2D eigenvalue weighted by atomic mass is 32.2. The number of hydrogen-bond donors (Lipinski definition) is 0. The van der Waals surface area contributed by atoms with Gasteiger partial charge in [0.1, 0.15) is 11.3 Å². The molecular formula is C12H10O3S. The van der Waals surface area contributed by atoms with E-state index in [0.29, 0.717) is 12.2 Å². The third-order valence-corrected chi connectivity index (χ3v) is 3.78. The maximum absolute atomic E-state index is 11.7.